The number of allylic oxidation sites excluding steroid dienone is 6. The number of aliphatic hydroxyl groups is 3. The van der Waals surface area contributed by atoms with Crippen LogP contribution in [0.15, 0.2) is 94.8 Å². The third-order valence-corrected chi connectivity index (χ3v) is 38.3. The third-order valence-electron chi connectivity index (χ3n) is 38.3. The number of hydroxylamine groups is 1. The Hall–Kier alpha value is -9.75. The van der Waals surface area contributed by atoms with E-state index in [2.05, 4.69) is 187 Å². The largest absolute Gasteiger partial charge is 0.523 e. The summed E-state index contributed by atoms with van der Waals surface area (Å²) < 4.78 is 35.5. The van der Waals surface area contributed by atoms with Gasteiger partial charge >= 0.3 is 0 Å². The molecular formula is C109H156N16O13. The maximum Gasteiger partial charge on any atom is 0.226 e. The summed E-state index contributed by atoms with van der Waals surface area (Å²) in [6.45, 7) is 62.9. The zero-order chi connectivity index (χ0) is 100. The van der Waals surface area contributed by atoms with Gasteiger partial charge in [0.15, 0.2) is 28.9 Å². The van der Waals surface area contributed by atoms with Crippen molar-refractivity contribution in [3.05, 3.63) is 192 Å². The first-order valence-electron chi connectivity index (χ1n) is 50.7. The molecular weight excluding hydrogens is 1740 g/mol. The first-order valence-corrected chi connectivity index (χ1v) is 49.7. The lowest BCUT2D eigenvalue weighted by Gasteiger charge is -2.59. The van der Waals surface area contributed by atoms with Crippen LogP contribution >= 0.6 is 0 Å². The normalized spacial score (nSPS) is 33.9. The fourth-order valence-corrected chi connectivity index (χ4v) is 31.3. The number of H-pyrrole nitrogens is 6. The molecule has 5 saturated carbocycles. The van der Waals surface area contributed by atoms with E-state index in [4.69, 9.17) is 43.2 Å². The molecule has 750 valence electrons. The zero-order valence-corrected chi connectivity index (χ0v) is 85.4. The first kappa shape index (κ1) is 103. The predicted molar refractivity (Wildman–Crippen MR) is 526 cm³/mol. The molecule has 2 saturated heterocycles. The van der Waals surface area contributed by atoms with Gasteiger partial charge in [-0.25, -0.2) is 15.2 Å². The molecule has 2 spiro atoms. The molecule has 0 bridgehead atoms. The number of aliphatic hydroxyl groups excluding tert-OH is 3. The summed E-state index contributed by atoms with van der Waals surface area (Å²) in [5.41, 5.74) is 17.9. The molecule has 14 atom stereocenters. The number of carbonyl (C=O) groups is 4. The Bertz CT molecular complexity index is 5930. The minimum Gasteiger partial charge on any atom is -0.523 e. The molecule has 23 rings (SSSR count). The highest BCUT2D eigenvalue weighted by Crippen LogP contribution is 2.67. The van der Waals surface area contributed by atoms with E-state index in [1.54, 1.807) is 5.48 Å². The maximum atomic E-state index is 12.7. The van der Waals surface area contributed by atoms with Gasteiger partial charge in [0.1, 0.15) is 17.3 Å². The Morgan fingerprint density at radius 2 is 0.754 bits per heavy atom. The van der Waals surface area contributed by atoms with Gasteiger partial charge in [-0.1, -0.05) is 171 Å². The predicted octanol–water partition coefficient (Wildman–Crippen LogP) is 20.7. The van der Waals surface area contributed by atoms with Crippen LogP contribution in [-0.2, 0) is 121 Å². The number of aryl methyl sites for hydroxylation is 6. The van der Waals surface area contributed by atoms with Gasteiger partial charge in [0.25, 0.3) is 0 Å². The molecule has 29 nitrogen and oxygen atoms in total. The highest BCUT2D eigenvalue weighted by Gasteiger charge is 2.68. The molecule has 0 unspecified atom stereocenters. The summed E-state index contributed by atoms with van der Waals surface area (Å²) in [6.07, 6.45) is 39.1. The van der Waals surface area contributed by atoms with Crippen molar-refractivity contribution in [1.29, 1.82) is 0 Å². The van der Waals surface area contributed by atoms with Gasteiger partial charge in [-0.3, -0.25) is 45.0 Å². The second-order valence-corrected chi connectivity index (χ2v) is 47.7. The van der Waals surface area contributed by atoms with Crippen molar-refractivity contribution in [2.24, 2.45) is 79.3 Å². The summed E-state index contributed by atoms with van der Waals surface area (Å²) in [7, 11) is 2.68. The Morgan fingerprint density at radius 1 is 0.399 bits per heavy atom. The Kier molecular flexibility index (Phi) is 27.5. The van der Waals surface area contributed by atoms with Crippen molar-refractivity contribution in [3.63, 3.8) is 0 Å². The molecule has 16 aliphatic rings. The van der Waals surface area contributed by atoms with Crippen LogP contribution in [0.25, 0.3) is 9.69 Å². The maximum absolute atomic E-state index is 12.7. The number of ether oxygens (including phenoxy) is 4. The molecule has 14 aliphatic carbocycles. The molecule has 2 aliphatic heterocycles. The van der Waals surface area contributed by atoms with Gasteiger partial charge < -0.3 is 48.8 Å². The number of nitrogens with zero attached hydrogens (tertiary/aromatic N) is 9. The molecule has 0 radical (unpaired) electrons. The Morgan fingerprint density at radius 3 is 1.20 bits per heavy atom. The third kappa shape index (κ3) is 16.1. The summed E-state index contributed by atoms with van der Waals surface area (Å²) in [6, 6.07) is 0. The number of fused-ring (bicyclic) bond motifs is 20. The van der Waals surface area contributed by atoms with Crippen LogP contribution in [-0.4, -0.2) is 155 Å². The van der Waals surface area contributed by atoms with E-state index in [-0.39, 0.29) is 119 Å². The summed E-state index contributed by atoms with van der Waals surface area (Å²) in [4.78, 5) is 56.7. The molecule has 0 aromatic carbocycles. The van der Waals surface area contributed by atoms with E-state index in [9.17, 15) is 34.5 Å². The zero-order valence-electron chi connectivity index (χ0n) is 86.4. The van der Waals surface area contributed by atoms with E-state index in [0.29, 0.717) is 85.2 Å². The number of nitrogens with one attached hydrogen (secondary N) is 7. The highest BCUT2D eigenvalue weighted by molar-refractivity contribution is 6.03. The molecule has 11 N–H and O–H groups in total. The lowest BCUT2D eigenvalue weighted by Crippen LogP contribution is -2.61. The van der Waals surface area contributed by atoms with Gasteiger partial charge in [0, 0.05) is 154 Å². The number of carbonyl (C=O) groups excluding carboxylic acids is 4. The molecule has 138 heavy (non-hydrogen) atoms. The minimum absolute atomic E-state index is 0. The van der Waals surface area contributed by atoms with Crippen molar-refractivity contribution in [2.45, 2.75) is 357 Å². The minimum atomic E-state index is -0.530. The summed E-state index contributed by atoms with van der Waals surface area (Å²) in [5, 5.41) is 84.7. The number of Topliss-reactive ketones (excluding diaryl/α,β-unsaturated/α-hetero) is 4. The monoisotopic (exact) mass is 1900 g/mol. The van der Waals surface area contributed by atoms with E-state index >= 15 is 0 Å². The number of hydrogen-bond donors (Lipinski definition) is 11. The quantitative estimate of drug-likeness (QED) is 0.0291. The van der Waals surface area contributed by atoms with E-state index in [0.717, 1.165) is 158 Å². The molecule has 7 aromatic rings. The van der Waals surface area contributed by atoms with Crippen molar-refractivity contribution in [1.82, 2.24) is 71.8 Å². The van der Waals surface area contributed by atoms with E-state index < -0.39 is 22.0 Å². The average molecular weight is 1900 g/mol. The van der Waals surface area contributed by atoms with Crippen molar-refractivity contribution >= 4 is 23.1 Å². The second kappa shape index (κ2) is 37.0. The molecule has 9 heterocycles. The second-order valence-electron chi connectivity index (χ2n) is 47.7. The smallest absolute Gasteiger partial charge is 0.226 e. The number of hydrogen-bond acceptors (Lipinski definition) is 21. The van der Waals surface area contributed by atoms with Gasteiger partial charge in [0.05, 0.1) is 95.5 Å². The highest BCUT2D eigenvalue weighted by atomic mass is 16.7. The molecule has 29 heteroatoms. The van der Waals surface area contributed by atoms with Gasteiger partial charge in [-0.15, -0.1) is 0 Å². The fourth-order valence-electron chi connectivity index (χ4n) is 31.3. The summed E-state index contributed by atoms with van der Waals surface area (Å²) in [5.74, 6) is 3.70. The summed E-state index contributed by atoms with van der Waals surface area (Å²) >= 11 is 0. The van der Waals surface area contributed by atoms with E-state index in [1.165, 1.54) is 83.3 Å². The lowest BCUT2D eigenvalue weighted by atomic mass is 9.48. The number of rotatable bonds is 0. The number of aromatic nitrogens is 13. The van der Waals surface area contributed by atoms with Crippen LogP contribution in [0.1, 0.15) is 343 Å². The SMILES string of the molecule is C.CC1(C)C(=O)/C(=C\O)C[C@]2(C)c3[nH]ncc3CC[C@@H]12.CC1(C)C(=O)CC[C@]2(C)c3[nH]ncc3CC[C@@H]12.CC1(C)[C@@H]2CC/C(=C\O)C(=O)[C@@]2(C)CCC12OCCO2.CC1(C)[C@@H]2CCc3cn[nH]c3[C@@]2(C)CCC12OCCO2.CC1(C)c2oncc2C[C@]2(C)c3[nH]ncc3CC[C@@H]12.CNO.[3H]C.[C-]#[N+]C1=C(O)C(C)(C)[C@@H]2CCc3cn[nH]c3[C@@]2(C)C1.[C-]#[N+]C1=C[C@]2(C)c3[nH]ncc3CC[C@H]2C(C)(C)C1=O. The van der Waals surface area contributed by atoms with Gasteiger partial charge in [0.2, 0.25) is 11.4 Å². The van der Waals surface area contributed by atoms with Crippen LogP contribution in [0.4, 0.5) is 0 Å². The number of aromatic amines is 6. The van der Waals surface area contributed by atoms with Crippen LogP contribution in [0, 0.1) is 92.5 Å². The Labute approximate surface area is 817 Å². The van der Waals surface area contributed by atoms with Crippen LogP contribution in [0.5, 0.6) is 0 Å². The topological polar surface area (TPSA) is 405 Å². The number of ketones is 4. The average Bonchev–Trinajstić information content (AvgIpc) is 1.67. The van der Waals surface area contributed by atoms with Gasteiger partial charge in [-0.05, 0) is 203 Å². The van der Waals surface area contributed by atoms with Crippen molar-refractivity contribution < 1.29 is 64.5 Å². The van der Waals surface area contributed by atoms with Crippen LogP contribution in [0.2, 0.25) is 0 Å². The van der Waals surface area contributed by atoms with Gasteiger partial charge in [-0.2, -0.15) is 30.6 Å². The van der Waals surface area contributed by atoms with Crippen LogP contribution < -0.4 is 5.48 Å². The molecule has 0 amide bonds. The van der Waals surface area contributed by atoms with E-state index in [1.807, 2.05) is 84.1 Å². The van der Waals surface area contributed by atoms with Crippen LogP contribution in [0.3, 0.4) is 0 Å². The lowest BCUT2D eigenvalue weighted by molar-refractivity contribution is -0.281. The van der Waals surface area contributed by atoms with Crippen molar-refractivity contribution in [3.8, 4) is 0 Å². The standard InChI is InChI=1S/C16H24N2O2.C16H24O4.2C15H19N3O.C15H17N3O.C15H20N2O2.C14H20N2O.CH5NO.2CH4/c1-14(2)12-5-4-11-10-17-18-13(11)15(12,3)6-7-16(14)19-8-9-20-16;1-14(2)12-5-4-11(10-17)13(18)15(12,3)6-7-16(14)19-8-9-20-16;1-14(2)11-5-4-9-7-16-18-12(9)15(11,3)6-10-8-17-19-13(10)14;2*1-14(2)11-6-5-9-8-17-18-12(9)15(11,3)7-10(16-4)13(14)19;1-14(2)11-5-4-9-7-16-17-12(9)15(11,3)6-10(8-18)13(14)19;1-13(2)10-5-4-9-8-15-16-12(9)14(10,3)7-6-11(13)17;1-2-3;;/h10,12H,4-9H2,1-3H3,(H,17,18);10,12,17H,4-9H2,1-3H3;7-8,11H,4-6H2,1-3H3,(H,16,18);8,11,19H,5-7H2,1-3H3,(H,17,18);7-8,11H,5-6H2,1-3H3,(H,17,18);7-8,11,18H,4-6H2,1-3H3,(H,16,17);8,10H,4-7H2,1-3H3,(H,15,16);2-3H,1H3;2*1H4/b;11-10+;;;;10-8-;;;;/t2*12-,15-;4*11-,15-;10-,14-;;;/m0000000.../s1/i;;;;;;;;1T;. The fraction of sp³-hybridized carbons (Fsp3) is 0.679. The van der Waals surface area contributed by atoms with Crippen molar-refractivity contribution in [2.75, 3.05) is 33.5 Å². The first-order chi connectivity index (χ1) is 65.0. The Balaban J connectivity index is 0.000000128. The molecule has 7 fully saturated rings. The molecule has 7 aromatic heterocycles.